The second-order valence-corrected chi connectivity index (χ2v) is 8.77. The summed E-state index contributed by atoms with van der Waals surface area (Å²) in [6, 6.07) is 26.2. The third-order valence-electron chi connectivity index (χ3n) is 5.79. The Kier molecular flexibility index (Phi) is 7.60. The zero-order valence-corrected chi connectivity index (χ0v) is 20.3. The van der Waals surface area contributed by atoms with Crippen molar-refractivity contribution < 1.29 is 4.74 Å². The van der Waals surface area contributed by atoms with Crippen LogP contribution in [-0.4, -0.2) is 28.7 Å². The molecule has 174 valence electrons. The second kappa shape index (κ2) is 11.0. The lowest BCUT2D eigenvalue weighted by Crippen LogP contribution is -2.40. The highest BCUT2D eigenvalue weighted by Crippen LogP contribution is 2.17. The number of aromatic nitrogens is 1. The van der Waals surface area contributed by atoms with E-state index in [-0.39, 0.29) is 5.56 Å². The van der Waals surface area contributed by atoms with Crippen LogP contribution in [0.5, 0.6) is 5.75 Å². The summed E-state index contributed by atoms with van der Waals surface area (Å²) in [4.78, 5) is 17.9. The second-order valence-electron chi connectivity index (χ2n) is 8.39. The molecule has 0 aliphatic carbocycles. The van der Waals surface area contributed by atoms with E-state index in [1.165, 1.54) is 5.56 Å². The summed E-state index contributed by atoms with van der Waals surface area (Å²) >= 11 is 5.78. The van der Waals surface area contributed by atoms with Crippen LogP contribution < -0.4 is 15.6 Å². The molecule has 4 aromatic rings. The lowest BCUT2D eigenvalue weighted by molar-refractivity contribution is 0.395. The largest absolute Gasteiger partial charge is 0.497 e. The molecule has 0 unspecified atom stereocenters. The highest BCUT2D eigenvalue weighted by molar-refractivity contribution is 7.80. The van der Waals surface area contributed by atoms with Crippen molar-refractivity contribution in [1.82, 2.24) is 15.2 Å². The van der Waals surface area contributed by atoms with E-state index in [4.69, 9.17) is 17.0 Å². The minimum absolute atomic E-state index is 0.0943. The van der Waals surface area contributed by atoms with Crippen molar-refractivity contribution in [3.63, 3.8) is 0 Å². The monoisotopic (exact) mass is 471 g/mol. The van der Waals surface area contributed by atoms with Crippen molar-refractivity contribution in [3.05, 3.63) is 111 Å². The van der Waals surface area contributed by atoms with Gasteiger partial charge in [0.1, 0.15) is 5.75 Å². The molecule has 0 atom stereocenters. The van der Waals surface area contributed by atoms with Crippen LogP contribution in [0.25, 0.3) is 10.9 Å². The number of nitrogens with zero attached hydrogens (tertiary/aromatic N) is 1. The molecule has 34 heavy (non-hydrogen) atoms. The predicted molar refractivity (Wildman–Crippen MR) is 142 cm³/mol. The molecule has 5 nitrogen and oxygen atoms in total. The summed E-state index contributed by atoms with van der Waals surface area (Å²) in [7, 11) is 1.65. The number of nitrogens with one attached hydrogen (secondary N) is 2. The van der Waals surface area contributed by atoms with Gasteiger partial charge in [-0.3, -0.25) is 4.79 Å². The smallest absolute Gasteiger partial charge is 0.253 e. The maximum Gasteiger partial charge on any atom is 0.253 e. The van der Waals surface area contributed by atoms with E-state index in [0.717, 1.165) is 40.7 Å². The molecular formula is C28H29N3O2S. The predicted octanol–water partition coefficient (Wildman–Crippen LogP) is 4.96. The molecule has 6 heteroatoms. The number of benzene rings is 3. The molecule has 0 radical (unpaired) electrons. The van der Waals surface area contributed by atoms with Gasteiger partial charge in [0.05, 0.1) is 13.7 Å². The lowest BCUT2D eigenvalue weighted by Gasteiger charge is -2.26. The maximum absolute atomic E-state index is 12.8. The molecule has 0 saturated carbocycles. The first kappa shape index (κ1) is 23.5. The van der Waals surface area contributed by atoms with Crippen LogP contribution in [0.2, 0.25) is 0 Å². The Balaban J connectivity index is 1.54. The Morgan fingerprint density at radius 2 is 1.74 bits per heavy atom. The number of hydrogen-bond donors (Lipinski definition) is 2. The Hall–Kier alpha value is -3.64. The van der Waals surface area contributed by atoms with E-state index in [1.807, 2.05) is 72.5 Å². The molecular weight excluding hydrogens is 442 g/mol. The van der Waals surface area contributed by atoms with E-state index in [9.17, 15) is 4.79 Å². The van der Waals surface area contributed by atoms with E-state index in [1.54, 1.807) is 7.11 Å². The fourth-order valence-electron chi connectivity index (χ4n) is 3.92. The summed E-state index contributed by atoms with van der Waals surface area (Å²) in [5, 5.41) is 5.02. The SMILES string of the molecule is COc1ccc(CN(Cc2cc3cc(C)ccc3[nH]c2=O)C(=S)NCCc2ccccc2)cc1. The highest BCUT2D eigenvalue weighted by Gasteiger charge is 2.14. The molecule has 0 spiro atoms. The first-order valence-electron chi connectivity index (χ1n) is 11.3. The van der Waals surface area contributed by atoms with Crippen molar-refractivity contribution in [2.75, 3.05) is 13.7 Å². The van der Waals surface area contributed by atoms with E-state index in [2.05, 4.69) is 28.5 Å². The summed E-state index contributed by atoms with van der Waals surface area (Å²) < 4.78 is 5.28. The third-order valence-corrected chi connectivity index (χ3v) is 6.19. The highest BCUT2D eigenvalue weighted by atomic mass is 32.1. The number of thiocarbonyl (C=S) groups is 1. The molecule has 1 heterocycles. The van der Waals surface area contributed by atoms with E-state index >= 15 is 0 Å². The van der Waals surface area contributed by atoms with Gasteiger partial charge in [-0.1, -0.05) is 54.1 Å². The van der Waals surface area contributed by atoms with Crippen molar-refractivity contribution in [1.29, 1.82) is 0 Å². The summed E-state index contributed by atoms with van der Waals surface area (Å²) in [5.74, 6) is 0.806. The molecule has 3 aromatic carbocycles. The maximum atomic E-state index is 12.8. The average Bonchev–Trinajstić information content (AvgIpc) is 2.85. The fourth-order valence-corrected chi connectivity index (χ4v) is 4.15. The fraction of sp³-hybridized carbons (Fsp3) is 0.214. The first-order valence-corrected chi connectivity index (χ1v) is 11.7. The molecule has 4 rings (SSSR count). The number of methoxy groups -OCH3 is 1. The number of rotatable bonds is 8. The van der Waals surface area contributed by atoms with Crippen molar-refractivity contribution in [3.8, 4) is 5.75 Å². The van der Waals surface area contributed by atoms with Crippen molar-refractivity contribution >= 4 is 28.2 Å². The molecule has 2 N–H and O–H groups in total. The zero-order chi connectivity index (χ0) is 23.9. The van der Waals surface area contributed by atoms with Crippen LogP contribution in [0, 0.1) is 6.92 Å². The number of pyridine rings is 1. The summed E-state index contributed by atoms with van der Waals surface area (Å²) in [5.41, 5.74) is 4.91. The van der Waals surface area contributed by atoms with Gasteiger partial charge in [0.15, 0.2) is 5.11 Å². The quantitative estimate of drug-likeness (QED) is 0.356. The number of aryl methyl sites for hydroxylation is 1. The zero-order valence-electron chi connectivity index (χ0n) is 19.5. The Bertz CT molecular complexity index is 1320. The van der Waals surface area contributed by atoms with Gasteiger partial charge in [-0.2, -0.15) is 0 Å². The van der Waals surface area contributed by atoms with E-state index in [0.29, 0.717) is 23.8 Å². The lowest BCUT2D eigenvalue weighted by atomic mass is 10.1. The third kappa shape index (κ3) is 6.02. The Morgan fingerprint density at radius 1 is 0.971 bits per heavy atom. The van der Waals surface area contributed by atoms with Crippen LogP contribution in [0.3, 0.4) is 0 Å². The molecule has 0 saturated heterocycles. The molecule has 0 bridgehead atoms. The van der Waals surface area contributed by atoms with Gasteiger partial charge in [0.25, 0.3) is 5.56 Å². The number of H-pyrrole nitrogens is 1. The van der Waals surface area contributed by atoms with Crippen LogP contribution in [0.15, 0.2) is 83.7 Å². The first-order chi connectivity index (χ1) is 16.5. The topological polar surface area (TPSA) is 57.4 Å². The number of aromatic amines is 1. The van der Waals surface area contributed by atoms with Gasteiger partial charge in [-0.25, -0.2) is 0 Å². The molecule has 1 aromatic heterocycles. The van der Waals surface area contributed by atoms with Gasteiger partial charge in [0, 0.05) is 24.2 Å². The molecule has 0 amide bonds. The standard InChI is InChI=1S/C28H29N3O2S/c1-20-8-13-26-23(16-20)17-24(27(32)30-26)19-31(18-22-9-11-25(33-2)12-10-22)28(34)29-15-14-21-6-4-3-5-7-21/h3-13,16-17H,14-15,18-19H2,1-2H3,(H,29,34)(H,30,32). The van der Waals surface area contributed by atoms with Gasteiger partial charge in [0.2, 0.25) is 0 Å². The molecule has 0 aliphatic rings. The number of ether oxygens (including phenoxy) is 1. The summed E-state index contributed by atoms with van der Waals surface area (Å²) in [6.45, 7) is 3.75. The molecule has 0 fully saturated rings. The van der Waals surface area contributed by atoms with Crippen molar-refractivity contribution in [2.45, 2.75) is 26.4 Å². The van der Waals surface area contributed by atoms with Crippen LogP contribution >= 0.6 is 12.2 Å². The average molecular weight is 472 g/mol. The normalized spacial score (nSPS) is 10.8. The van der Waals surface area contributed by atoms with Crippen LogP contribution in [0.1, 0.15) is 22.3 Å². The van der Waals surface area contributed by atoms with Gasteiger partial charge in [-0.15, -0.1) is 0 Å². The molecule has 0 aliphatic heterocycles. The Morgan fingerprint density at radius 3 is 2.47 bits per heavy atom. The minimum atomic E-state index is -0.0943. The van der Waals surface area contributed by atoms with E-state index < -0.39 is 0 Å². The summed E-state index contributed by atoms with van der Waals surface area (Å²) in [6.07, 6.45) is 0.868. The van der Waals surface area contributed by atoms with Crippen LogP contribution in [0.4, 0.5) is 0 Å². The minimum Gasteiger partial charge on any atom is -0.497 e. The van der Waals surface area contributed by atoms with Gasteiger partial charge in [-0.05, 0) is 72.4 Å². The van der Waals surface area contributed by atoms with Crippen molar-refractivity contribution in [2.24, 2.45) is 0 Å². The number of hydrogen-bond acceptors (Lipinski definition) is 3. The van der Waals surface area contributed by atoms with Crippen LogP contribution in [-0.2, 0) is 19.5 Å². The Labute approximate surface area is 205 Å². The van der Waals surface area contributed by atoms with Gasteiger partial charge >= 0.3 is 0 Å². The van der Waals surface area contributed by atoms with Gasteiger partial charge < -0.3 is 19.9 Å². The number of fused-ring (bicyclic) bond motifs is 1.